The molecule has 2 aromatic heterocycles. The molecule has 2 aromatic carbocycles. The van der Waals surface area contributed by atoms with Gasteiger partial charge in [0.25, 0.3) is 17.4 Å². The second-order valence-corrected chi connectivity index (χ2v) is 7.29. The van der Waals surface area contributed by atoms with Gasteiger partial charge in [-0.2, -0.15) is 10.2 Å². The van der Waals surface area contributed by atoms with E-state index < -0.39 is 11.8 Å². The lowest BCUT2D eigenvalue weighted by Crippen LogP contribution is -2.43. The molecule has 0 unspecified atom stereocenters. The maximum absolute atomic E-state index is 12.8. The van der Waals surface area contributed by atoms with Crippen molar-refractivity contribution in [1.29, 1.82) is 0 Å². The second kappa shape index (κ2) is 8.34. The van der Waals surface area contributed by atoms with Gasteiger partial charge in [0, 0.05) is 5.39 Å². The Bertz CT molecular complexity index is 1370. The van der Waals surface area contributed by atoms with Crippen molar-refractivity contribution in [1.82, 2.24) is 30.4 Å². The molecular formula is C22H20N6O4. The van der Waals surface area contributed by atoms with Crippen LogP contribution in [0.1, 0.15) is 40.9 Å². The van der Waals surface area contributed by atoms with Crippen LogP contribution in [-0.4, -0.2) is 36.5 Å². The zero-order valence-electron chi connectivity index (χ0n) is 17.3. The summed E-state index contributed by atoms with van der Waals surface area (Å²) in [6.45, 7) is 3.55. The fourth-order valence-electron chi connectivity index (χ4n) is 3.20. The van der Waals surface area contributed by atoms with E-state index in [1.54, 1.807) is 62.4 Å². The van der Waals surface area contributed by atoms with E-state index in [2.05, 4.69) is 21.0 Å². The lowest BCUT2D eigenvalue weighted by atomic mass is 10.1. The SMILES string of the molecule is CC(C)n1nc(C(=O)NNC(=O)c2nn(-c3ccccc3)cc2O)c2ccccc2c1=O. The molecule has 10 heteroatoms. The van der Waals surface area contributed by atoms with Crippen molar-refractivity contribution in [3.8, 4) is 11.4 Å². The third-order valence-electron chi connectivity index (χ3n) is 4.75. The monoisotopic (exact) mass is 432 g/mol. The lowest BCUT2D eigenvalue weighted by molar-refractivity contribution is 0.0839. The predicted octanol–water partition coefficient (Wildman–Crippen LogP) is 1.94. The molecule has 0 aliphatic rings. The molecule has 0 aliphatic carbocycles. The molecule has 0 fully saturated rings. The standard InChI is InChI=1S/C22H20N6O4/c1-13(2)28-22(32)16-11-7-6-10-15(16)18(26-28)20(30)23-24-21(31)19-17(29)12-27(25-19)14-8-4-3-5-9-14/h3-13,29H,1-2H3,(H,23,30)(H,24,31). The first kappa shape index (κ1) is 20.8. The van der Waals surface area contributed by atoms with Crippen LogP contribution in [0.3, 0.4) is 0 Å². The fraction of sp³-hybridized carbons (Fsp3) is 0.136. The van der Waals surface area contributed by atoms with Crippen molar-refractivity contribution in [2.75, 3.05) is 0 Å². The molecule has 3 N–H and O–H groups in total. The Balaban J connectivity index is 1.58. The molecule has 4 rings (SSSR count). The van der Waals surface area contributed by atoms with Crippen LogP contribution in [0.4, 0.5) is 0 Å². The van der Waals surface area contributed by atoms with Gasteiger partial charge in [0.15, 0.2) is 17.1 Å². The van der Waals surface area contributed by atoms with Gasteiger partial charge in [0.2, 0.25) is 0 Å². The van der Waals surface area contributed by atoms with Gasteiger partial charge < -0.3 is 5.11 Å². The largest absolute Gasteiger partial charge is 0.504 e. The number of hydrazine groups is 1. The molecule has 10 nitrogen and oxygen atoms in total. The number of carbonyl (C=O) groups is 2. The first-order valence-electron chi connectivity index (χ1n) is 9.83. The topological polar surface area (TPSA) is 131 Å². The number of benzene rings is 2. The highest BCUT2D eigenvalue weighted by atomic mass is 16.3. The third-order valence-corrected chi connectivity index (χ3v) is 4.75. The van der Waals surface area contributed by atoms with Gasteiger partial charge in [-0.3, -0.25) is 25.2 Å². The number of hydrogen-bond donors (Lipinski definition) is 3. The first-order valence-corrected chi connectivity index (χ1v) is 9.83. The highest BCUT2D eigenvalue weighted by Gasteiger charge is 2.21. The van der Waals surface area contributed by atoms with Crippen LogP contribution in [-0.2, 0) is 0 Å². The van der Waals surface area contributed by atoms with Crippen LogP contribution in [0, 0.1) is 0 Å². The Kier molecular flexibility index (Phi) is 5.42. The molecule has 0 atom stereocenters. The molecule has 0 bridgehead atoms. The molecule has 0 radical (unpaired) electrons. The fourth-order valence-corrected chi connectivity index (χ4v) is 3.20. The zero-order valence-corrected chi connectivity index (χ0v) is 17.3. The minimum atomic E-state index is -0.813. The number of fused-ring (bicyclic) bond motifs is 1. The summed E-state index contributed by atoms with van der Waals surface area (Å²) >= 11 is 0. The van der Waals surface area contributed by atoms with Crippen molar-refractivity contribution in [2.24, 2.45) is 0 Å². The molecule has 0 saturated carbocycles. The number of nitrogens with zero attached hydrogens (tertiary/aromatic N) is 4. The molecule has 32 heavy (non-hydrogen) atoms. The van der Waals surface area contributed by atoms with Crippen LogP contribution in [0.15, 0.2) is 65.6 Å². The number of rotatable bonds is 4. The first-order chi connectivity index (χ1) is 15.4. The summed E-state index contributed by atoms with van der Waals surface area (Å²) in [6, 6.07) is 15.3. The maximum Gasteiger partial charge on any atom is 0.294 e. The Labute approximate surface area is 182 Å². The summed E-state index contributed by atoms with van der Waals surface area (Å²) in [5.74, 6) is -1.88. The number of aromatic nitrogens is 4. The van der Waals surface area contributed by atoms with Crippen molar-refractivity contribution in [2.45, 2.75) is 19.9 Å². The molecule has 0 aliphatic heterocycles. The lowest BCUT2D eigenvalue weighted by Gasteiger charge is -2.13. The van der Waals surface area contributed by atoms with Gasteiger partial charge in [0.05, 0.1) is 23.3 Å². The summed E-state index contributed by atoms with van der Waals surface area (Å²) in [5, 5.41) is 19.1. The summed E-state index contributed by atoms with van der Waals surface area (Å²) < 4.78 is 2.56. The average Bonchev–Trinajstić information content (AvgIpc) is 3.19. The second-order valence-electron chi connectivity index (χ2n) is 7.29. The maximum atomic E-state index is 12.8. The number of amides is 2. The Morgan fingerprint density at radius 1 is 0.875 bits per heavy atom. The number of para-hydroxylation sites is 1. The molecule has 2 heterocycles. The minimum Gasteiger partial charge on any atom is -0.504 e. The molecule has 4 aromatic rings. The van der Waals surface area contributed by atoms with E-state index in [9.17, 15) is 19.5 Å². The molecular weight excluding hydrogens is 412 g/mol. The quantitative estimate of drug-likeness (QED) is 0.423. The Hall–Kier alpha value is -4.47. The Morgan fingerprint density at radius 3 is 2.12 bits per heavy atom. The third kappa shape index (κ3) is 3.81. The van der Waals surface area contributed by atoms with Crippen molar-refractivity contribution < 1.29 is 14.7 Å². The van der Waals surface area contributed by atoms with Crippen LogP contribution >= 0.6 is 0 Å². The average molecular weight is 432 g/mol. The summed E-state index contributed by atoms with van der Waals surface area (Å²) in [5.41, 5.74) is 4.56. The smallest absolute Gasteiger partial charge is 0.294 e. The number of aromatic hydroxyl groups is 1. The minimum absolute atomic E-state index is 0.0202. The van der Waals surface area contributed by atoms with Crippen LogP contribution < -0.4 is 16.4 Å². The Morgan fingerprint density at radius 2 is 1.47 bits per heavy atom. The van der Waals surface area contributed by atoms with Crippen molar-refractivity contribution in [3.63, 3.8) is 0 Å². The van der Waals surface area contributed by atoms with E-state index in [1.165, 1.54) is 15.6 Å². The number of hydrogen-bond acceptors (Lipinski definition) is 6. The van der Waals surface area contributed by atoms with E-state index in [1.807, 2.05) is 6.07 Å². The normalized spacial score (nSPS) is 11.0. The highest BCUT2D eigenvalue weighted by Crippen LogP contribution is 2.18. The highest BCUT2D eigenvalue weighted by molar-refractivity contribution is 6.06. The summed E-state index contributed by atoms with van der Waals surface area (Å²) in [6.07, 6.45) is 1.29. The predicted molar refractivity (Wildman–Crippen MR) is 117 cm³/mol. The van der Waals surface area contributed by atoms with E-state index in [-0.39, 0.29) is 28.7 Å². The van der Waals surface area contributed by atoms with Crippen molar-refractivity contribution in [3.05, 3.63) is 82.5 Å². The van der Waals surface area contributed by atoms with Gasteiger partial charge in [0.1, 0.15) is 0 Å². The van der Waals surface area contributed by atoms with Gasteiger partial charge in [-0.1, -0.05) is 36.4 Å². The van der Waals surface area contributed by atoms with E-state index in [0.717, 1.165) is 0 Å². The van der Waals surface area contributed by atoms with Gasteiger partial charge in [-0.05, 0) is 32.0 Å². The van der Waals surface area contributed by atoms with Crippen LogP contribution in [0.25, 0.3) is 16.5 Å². The molecule has 0 saturated heterocycles. The van der Waals surface area contributed by atoms with Crippen LogP contribution in [0.5, 0.6) is 5.75 Å². The summed E-state index contributed by atoms with van der Waals surface area (Å²) in [7, 11) is 0. The van der Waals surface area contributed by atoms with E-state index >= 15 is 0 Å². The van der Waals surface area contributed by atoms with Crippen LogP contribution in [0.2, 0.25) is 0 Å². The molecule has 2 amide bonds. The van der Waals surface area contributed by atoms with Gasteiger partial charge in [-0.15, -0.1) is 0 Å². The summed E-state index contributed by atoms with van der Waals surface area (Å²) in [4.78, 5) is 37.9. The number of nitrogens with one attached hydrogen (secondary N) is 2. The zero-order chi connectivity index (χ0) is 22.8. The van der Waals surface area contributed by atoms with Gasteiger partial charge in [-0.25, -0.2) is 9.36 Å². The van der Waals surface area contributed by atoms with E-state index in [0.29, 0.717) is 16.5 Å². The molecule has 162 valence electrons. The number of carbonyl (C=O) groups excluding carboxylic acids is 2. The van der Waals surface area contributed by atoms with E-state index in [4.69, 9.17) is 0 Å². The van der Waals surface area contributed by atoms with Gasteiger partial charge >= 0.3 is 0 Å². The molecule has 0 spiro atoms. The van der Waals surface area contributed by atoms with Crippen molar-refractivity contribution >= 4 is 22.6 Å².